The molecular weight excluding hydrogens is 392 g/mol. The molecule has 0 spiro atoms. The Bertz CT molecular complexity index is 1030. The first-order valence-electron chi connectivity index (χ1n) is 8.61. The number of esters is 1. The van der Waals surface area contributed by atoms with Gasteiger partial charge in [-0.2, -0.15) is 0 Å². The number of aromatic nitrogens is 2. The number of carbonyl (C=O) groups is 3. The molecule has 0 radical (unpaired) electrons. The molecule has 0 atom stereocenters. The Morgan fingerprint density at radius 1 is 1.10 bits per heavy atom. The predicted molar refractivity (Wildman–Crippen MR) is 109 cm³/mol. The van der Waals surface area contributed by atoms with E-state index in [1.165, 1.54) is 43.7 Å². The van der Waals surface area contributed by atoms with Gasteiger partial charge in [0.25, 0.3) is 5.91 Å². The zero-order valence-electron chi connectivity index (χ0n) is 15.8. The number of carbonyl (C=O) groups excluding carboxylic acids is 3. The second kappa shape index (κ2) is 9.07. The van der Waals surface area contributed by atoms with E-state index in [0.717, 1.165) is 16.8 Å². The van der Waals surface area contributed by atoms with Crippen molar-refractivity contribution in [3.8, 4) is 11.3 Å². The minimum absolute atomic E-state index is 0.0802. The topological polar surface area (TPSA) is 110 Å². The van der Waals surface area contributed by atoms with E-state index >= 15 is 0 Å². The molecule has 1 aromatic carbocycles. The Hall–Kier alpha value is -3.59. The van der Waals surface area contributed by atoms with Crippen LogP contribution < -0.4 is 10.6 Å². The summed E-state index contributed by atoms with van der Waals surface area (Å²) in [5, 5.41) is 7.72. The molecule has 3 rings (SSSR count). The van der Waals surface area contributed by atoms with Crippen molar-refractivity contribution < 1.29 is 19.1 Å². The fourth-order valence-electron chi connectivity index (χ4n) is 2.41. The lowest BCUT2D eigenvalue weighted by atomic mass is 10.1. The van der Waals surface area contributed by atoms with Crippen LogP contribution in [0.3, 0.4) is 0 Å². The highest BCUT2D eigenvalue weighted by Crippen LogP contribution is 2.25. The lowest BCUT2D eigenvalue weighted by molar-refractivity contribution is -0.119. The van der Waals surface area contributed by atoms with Crippen LogP contribution in [0.2, 0.25) is 0 Å². The number of nitrogens with zero attached hydrogens (tertiary/aromatic N) is 2. The van der Waals surface area contributed by atoms with E-state index < -0.39 is 11.9 Å². The Kier molecular flexibility index (Phi) is 6.30. The molecule has 0 fully saturated rings. The third-order valence-corrected chi connectivity index (χ3v) is 4.69. The maximum atomic E-state index is 12.3. The molecule has 148 valence electrons. The zero-order valence-corrected chi connectivity index (χ0v) is 16.6. The van der Waals surface area contributed by atoms with Crippen LogP contribution in [0.25, 0.3) is 11.3 Å². The fourth-order valence-corrected chi connectivity index (χ4v) is 3.13. The summed E-state index contributed by atoms with van der Waals surface area (Å²) in [4.78, 5) is 43.1. The van der Waals surface area contributed by atoms with Gasteiger partial charge in [-0.05, 0) is 17.7 Å². The molecule has 0 saturated carbocycles. The normalized spacial score (nSPS) is 10.3. The molecule has 0 saturated heterocycles. The van der Waals surface area contributed by atoms with Crippen molar-refractivity contribution in [1.82, 2.24) is 15.3 Å². The van der Waals surface area contributed by atoms with Gasteiger partial charge in [0.05, 0.1) is 18.4 Å². The lowest BCUT2D eigenvalue weighted by Crippen LogP contribution is -2.18. The van der Waals surface area contributed by atoms with Crippen LogP contribution in [0.15, 0.2) is 48.0 Å². The molecule has 29 heavy (non-hydrogen) atoms. The van der Waals surface area contributed by atoms with Crippen molar-refractivity contribution in [2.45, 2.75) is 13.5 Å². The van der Waals surface area contributed by atoms with Gasteiger partial charge in [-0.15, -0.1) is 11.3 Å². The number of hydrogen-bond acceptors (Lipinski definition) is 7. The van der Waals surface area contributed by atoms with Gasteiger partial charge in [0.1, 0.15) is 5.69 Å². The highest BCUT2D eigenvalue weighted by atomic mass is 32.1. The molecule has 3 aromatic rings. The van der Waals surface area contributed by atoms with E-state index in [4.69, 9.17) is 0 Å². The number of ether oxygens (including phenoxy) is 1. The molecule has 0 aliphatic heterocycles. The van der Waals surface area contributed by atoms with Gasteiger partial charge >= 0.3 is 5.97 Å². The second-order valence-electron chi connectivity index (χ2n) is 6.02. The van der Waals surface area contributed by atoms with Crippen LogP contribution in [0.5, 0.6) is 0 Å². The highest BCUT2D eigenvalue weighted by molar-refractivity contribution is 7.14. The number of thiazole rings is 1. The average Bonchev–Trinajstić information content (AvgIpc) is 3.20. The molecule has 0 bridgehead atoms. The van der Waals surface area contributed by atoms with Crippen LogP contribution >= 0.6 is 11.3 Å². The van der Waals surface area contributed by atoms with Crippen LogP contribution in [0, 0.1) is 0 Å². The maximum Gasteiger partial charge on any atom is 0.339 e. The standard InChI is InChI=1S/C20H18N4O4S/c1-12(25)21-9-13-3-5-14(6-4-13)17-11-29-20(23-17)24-18(26)16-8-7-15(10-22-16)19(27)28-2/h3-8,10-11H,9H2,1-2H3,(H,21,25)(H,23,24,26). The Labute approximate surface area is 171 Å². The van der Waals surface area contributed by atoms with Gasteiger partial charge < -0.3 is 10.1 Å². The molecule has 2 heterocycles. The summed E-state index contributed by atoms with van der Waals surface area (Å²) in [6, 6.07) is 10.6. The smallest absolute Gasteiger partial charge is 0.339 e. The van der Waals surface area contributed by atoms with Crippen molar-refractivity contribution >= 4 is 34.3 Å². The van der Waals surface area contributed by atoms with E-state index in [9.17, 15) is 14.4 Å². The van der Waals surface area contributed by atoms with Crippen LogP contribution in [0.4, 0.5) is 5.13 Å². The number of methoxy groups -OCH3 is 1. The first-order chi connectivity index (χ1) is 14.0. The predicted octanol–water partition coefficient (Wildman–Crippen LogP) is 2.88. The van der Waals surface area contributed by atoms with Gasteiger partial charge in [-0.25, -0.2) is 9.78 Å². The SMILES string of the molecule is COC(=O)c1ccc(C(=O)Nc2nc(-c3ccc(CNC(C)=O)cc3)cs2)nc1. The highest BCUT2D eigenvalue weighted by Gasteiger charge is 2.13. The van der Waals surface area contributed by atoms with Crippen molar-refractivity contribution in [2.75, 3.05) is 12.4 Å². The van der Waals surface area contributed by atoms with Crippen LogP contribution in [-0.4, -0.2) is 34.9 Å². The zero-order chi connectivity index (χ0) is 20.8. The molecule has 2 N–H and O–H groups in total. The minimum atomic E-state index is -0.517. The van der Waals surface area contributed by atoms with E-state index in [2.05, 4.69) is 25.3 Å². The summed E-state index contributed by atoms with van der Waals surface area (Å²) in [5.74, 6) is -1.02. The quantitative estimate of drug-likeness (QED) is 0.605. The molecule has 9 heteroatoms. The van der Waals surface area contributed by atoms with E-state index in [0.29, 0.717) is 11.7 Å². The summed E-state index contributed by atoms with van der Waals surface area (Å²) in [5.41, 5.74) is 3.03. The largest absolute Gasteiger partial charge is 0.465 e. The second-order valence-corrected chi connectivity index (χ2v) is 6.88. The number of rotatable bonds is 6. The van der Waals surface area contributed by atoms with Crippen molar-refractivity contribution in [3.63, 3.8) is 0 Å². The Morgan fingerprint density at radius 3 is 2.48 bits per heavy atom. The van der Waals surface area contributed by atoms with Gasteiger partial charge in [0.2, 0.25) is 5.91 Å². The van der Waals surface area contributed by atoms with Gasteiger partial charge in [-0.1, -0.05) is 24.3 Å². The molecule has 2 aromatic heterocycles. The lowest BCUT2D eigenvalue weighted by Gasteiger charge is -2.04. The monoisotopic (exact) mass is 410 g/mol. The summed E-state index contributed by atoms with van der Waals surface area (Å²) < 4.78 is 4.60. The molecular formula is C20H18N4O4S. The Balaban J connectivity index is 1.64. The summed E-state index contributed by atoms with van der Waals surface area (Å²) in [6.07, 6.45) is 1.29. The average molecular weight is 410 g/mol. The van der Waals surface area contributed by atoms with Crippen LogP contribution in [-0.2, 0) is 16.1 Å². The number of benzene rings is 1. The van der Waals surface area contributed by atoms with Crippen molar-refractivity contribution in [1.29, 1.82) is 0 Å². The third-order valence-electron chi connectivity index (χ3n) is 3.93. The third kappa shape index (κ3) is 5.23. The van der Waals surface area contributed by atoms with Crippen molar-refractivity contribution in [2.24, 2.45) is 0 Å². The van der Waals surface area contributed by atoms with E-state index in [1.807, 2.05) is 29.6 Å². The summed E-state index contributed by atoms with van der Waals surface area (Å²) in [6.45, 7) is 1.94. The molecule has 0 aliphatic rings. The molecule has 2 amide bonds. The van der Waals surface area contributed by atoms with Crippen molar-refractivity contribution in [3.05, 3.63) is 64.8 Å². The first kappa shape index (κ1) is 20.2. The number of amides is 2. The summed E-state index contributed by atoms with van der Waals surface area (Å²) >= 11 is 1.30. The number of pyridine rings is 1. The maximum absolute atomic E-state index is 12.3. The number of anilines is 1. The fraction of sp³-hybridized carbons (Fsp3) is 0.150. The van der Waals surface area contributed by atoms with E-state index in [1.54, 1.807) is 0 Å². The minimum Gasteiger partial charge on any atom is -0.465 e. The van der Waals surface area contributed by atoms with Gasteiger partial charge in [-0.3, -0.25) is 19.9 Å². The van der Waals surface area contributed by atoms with Gasteiger partial charge in [0, 0.05) is 30.6 Å². The van der Waals surface area contributed by atoms with Gasteiger partial charge in [0.15, 0.2) is 5.13 Å². The van der Waals surface area contributed by atoms with E-state index in [-0.39, 0.29) is 17.2 Å². The summed E-state index contributed by atoms with van der Waals surface area (Å²) in [7, 11) is 1.28. The molecule has 0 unspecified atom stereocenters. The molecule has 0 aliphatic carbocycles. The number of nitrogens with one attached hydrogen (secondary N) is 2. The molecule has 8 nitrogen and oxygen atoms in total. The number of hydrogen-bond donors (Lipinski definition) is 2. The Morgan fingerprint density at radius 2 is 1.86 bits per heavy atom. The first-order valence-corrected chi connectivity index (χ1v) is 9.49. The van der Waals surface area contributed by atoms with Crippen LogP contribution in [0.1, 0.15) is 33.3 Å².